The Labute approximate surface area is 417 Å². The molecule has 4 saturated carbocycles. The maximum Gasteiger partial charge on any atom is 0.135 e. The van der Waals surface area contributed by atoms with Crippen molar-refractivity contribution in [1.29, 1.82) is 0 Å². The molecular weight excluding hydrogens is 1010 g/mol. The molecular formula is C62H61N4OPt-3. The second-order valence-corrected chi connectivity index (χ2v) is 21.2. The van der Waals surface area contributed by atoms with Gasteiger partial charge in [0.25, 0.3) is 0 Å². The van der Waals surface area contributed by atoms with Gasteiger partial charge in [0.15, 0.2) is 0 Å². The summed E-state index contributed by atoms with van der Waals surface area (Å²) in [6.07, 6.45) is 8.78. The molecule has 6 heteroatoms. The summed E-state index contributed by atoms with van der Waals surface area (Å²) in [5.41, 5.74) is 14.6. The van der Waals surface area contributed by atoms with E-state index >= 15 is 0 Å². The number of anilines is 3. The van der Waals surface area contributed by atoms with Crippen molar-refractivity contribution >= 4 is 38.9 Å². The third-order valence-corrected chi connectivity index (χ3v) is 16.2. The summed E-state index contributed by atoms with van der Waals surface area (Å²) >= 11 is 0. The minimum absolute atomic E-state index is 0. The van der Waals surface area contributed by atoms with Crippen LogP contribution in [0.15, 0.2) is 134 Å². The topological polar surface area (TPSA) is 33.5 Å². The van der Waals surface area contributed by atoms with Crippen molar-refractivity contribution < 1.29 is 25.8 Å². The molecule has 8 aromatic rings. The van der Waals surface area contributed by atoms with Gasteiger partial charge in [-0.15, -0.1) is 47.0 Å². The standard InChI is InChI=1S/C62H61N4O.Pt/c1-38(2)43-32-54(39(3)4)61(55(33-43)40(5)6)44-30-49(65-37-64(7)57-19-13-14-20-58(57)65)35-51(31-44)67-50-21-22-53-52-17-11-12-18-56(52)66(59(53)36-50)60-34-46(23-24-63-60)62(45-15-9-8-10-16-45)47-26-41-25-42(28-47)29-48(62)27-41;/h8-24,30-34,37-42,47-48H,25-29H2,1-7H3;/q-3;. The van der Waals surface area contributed by atoms with Crippen molar-refractivity contribution in [1.82, 2.24) is 9.55 Å². The van der Waals surface area contributed by atoms with Gasteiger partial charge in [-0.3, -0.25) is 0 Å². The van der Waals surface area contributed by atoms with Crippen molar-refractivity contribution in [2.75, 3.05) is 16.8 Å². The molecule has 348 valence electrons. The van der Waals surface area contributed by atoms with E-state index < -0.39 is 0 Å². The van der Waals surface area contributed by atoms with Gasteiger partial charge in [-0.1, -0.05) is 120 Å². The van der Waals surface area contributed by atoms with E-state index in [1.807, 2.05) is 0 Å². The Kier molecular flexibility index (Phi) is 11.5. The number of nitrogens with zero attached hydrogens (tertiary/aromatic N) is 4. The Hall–Kier alpha value is -5.64. The van der Waals surface area contributed by atoms with E-state index in [-0.39, 0.29) is 26.5 Å². The fourth-order valence-electron chi connectivity index (χ4n) is 13.4. The van der Waals surface area contributed by atoms with Gasteiger partial charge >= 0.3 is 0 Å². The second kappa shape index (κ2) is 17.4. The first-order valence-electron chi connectivity index (χ1n) is 24.9. The van der Waals surface area contributed by atoms with Crippen molar-refractivity contribution in [2.24, 2.45) is 23.7 Å². The quantitative estimate of drug-likeness (QED) is 0.128. The molecule has 5 aliphatic rings. The van der Waals surface area contributed by atoms with Crippen LogP contribution >= 0.6 is 0 Å². The summed E-state index contributed by atoms with van der Waals surface area (Å²) in [5.74, 6) is 6.29. The zero-order valence-corrected chi connectivity index (χ0v) is 42.6. The predicted molar refractivity (Wildman–Crippen MR) is 276 cm³/mol. The molecule has 6 aromatic carbocycles. The van der Waals surface area contributed by atoms with E-state index in [9.17, 15) is 0 Å². The van der Waals surface area contributed by atoms with E-state index in [1.54, 1.807) is 0 Å². The first-order valence-corrected chi connectivity index (χ1v) is 24.9. The average molecular weight is 1070 g/mol. The van der Waals surface area contributed by atoms with Crippen LogP contribution in [0.25, 0.3) is 38.8 Å². The van der Waals surface area contributed by atoms with Crippen LogP contribution in [0.3, 0.4) is 0 Å². The maximum absolute atomic E-state index is 7.07. The molecule has 0 saturated heterocycles. The largest absolute Gasteiger partial charge is 0.509 e. The van der Waals surface area contributed by atoms with Crippen LogP contribution < -0.4 is 14.5 Å². The van der Waals surface area contributed by atoms with Gasteiger partial charge in [0, 0.05) is 61.1 Å². The molecule has 0 radical (unpaired) electrons. The molecule has 0 spiro atoms. The van der Waals surface area contributed by atoms with Gasteiger partial charge in [-0.2, -0.15) is 12.7 Å². The Morgan fingerprint density at radius 2 is 1.29 bits per heavy atom. The molecule has 13 rings (SSSR count). The third kappa shape index (κ3) is 7.24. The van der Waals surface area contributed by atoms with Crippen molar-refractivity contribution in [3.63, 3.8) is 0 Å². The number of pyridine rings is 1. The molecule has 68 heavy (non-hydrogen) atoms. The molecule has 4 aliphatic carbocycles. The summed E-state index contributed by atoms with van der Waals surface area (Å²) in [6, 6.07) is 54.8. The normalized spacial score (nSPS) is 21.7. The molecule has 4 fully saturated rings. The second-order valence-electron chi connectivity index (χ2n) is 21.2. The predicted octanol–water partition coefficient (Wildman–Crippen LogP) is 16.1. The van der Waals surface area contributed by atoms with Crippen LogP contribution in [0, 0.1) is 42.5 Å². The molecule has 0 amide bonds. The van der Waals surface area contributed by atoms with Crippen molar-refractivity contribution in [2.45, 2.75) is 96.8 Å². The summed E-state index contributed by atoms with van der Waals surface area (Å²) in [5, 5.41) is 2.30. The Balaban J connectivity index is 0.00000507. The Bertz CT molecular complexity index is 3130. The number of hydrogen-bond donors (Lipinski definition) is 0. The van der Waals surface area contributed by atoms with Crippen LogP contribution in [0.1, 0.15) is 119 Å². The summed E-state index contributed by atoms with van der Waals surface area (Å²) in [7, 11) is 2.11. The zero-order chi connectivity index (χ0) is 45.7. The van der Waals surface area contributed by atoms with Crippen molar-refractivity contribution in [3.05, 3.63) is 180 Å². The number of benzene rings is 6. The molecule has 4 bridgehead atoms. The molecule has 0 atom stereocenters. The van der Waals surface area contributed by atoms with Gasteiger partial charge < -0.3 is 19.1 Å². The number of para-hydroxylation sites is 3. The molecule has 0 unspecified atom stereocenters. The van der Waals surface area contributed by atoms with E-state index in [4.69, 9.17) is 9.72 Å². The summed E-state index contributed by atoms with van der Waals surface area (Å²) in [4.78, 5) is 9.63. The van der Waals surface area contributed by atoms with Gasteiger partial charge in [0.1, 0.15) is 5.82 Å². The van der Waals surface area contributed by atoms with Gasteiger partial charge in [-0.25, -0.2) is 4.98 Å². The van der Waals surface area contributed by atoms with Crippen LogP contribution in [0.2, 0.25) is 0 Å². The third-order valence-electron chi connectivity index (χ3n) is 16.2. The number of hydrogen-bond acceptors (Lipinski definition) is 4. The first kappa shape index (κ1) is 44.8. The Morgan fingerprint density at radius 3 is 1.99 bits per heavy atom. The Morgan fingerprint density at radius 1 is 0.632 bits per heavy atom. The zero-order valence-electron chi connectivity index (χ0n) is 40.4. The molecule has 5 nitrogen and oxygen atoms in total. The van der Waals surface area contributed by atoms with Crippen LogP contribution in [-0.4, -0.2) is 16.6 Å². The monoisotopic (exact) mass is 1070 g/mol. The maximum atomic E-state index is 7.07. The number of aromatic nitrogens is 2. The number of rotatable bonds is 10. The van der Waals surface area contributed by atoms with E-state index in [1.165, 1.54) is 70.9 Å². The van der Waals surface area contributed by atoms with Crippen molar-refractivity contribution in [3.8, 4) is 28.4 Å². The summed E-state index contributed by atoms with van der Waals surface area (Å²) < 4.78 is 9.40. The van der Waals surface area contributed by atoms with E-state index in [2.05, 4.69) is 215 Å². The average Bonchev–Trinajstić information content (AvgIpc) is 3.85. The molecule has 3 heterocycles. The fraction of sp³-hybridized carbons (Fsp3) is 0.323. The van der Waals surface area contributed by atoms with E-state index in [0.717, 1.165) is 56.7 Å². The molecule has 0 N–H and O–H groups in total. The SMILES string of the molecule is CC(C)c1cc(C(C)C)c(-c2cc(Oc3[c-]c4c(cc3)c3ccccc3n4-c3cc(C4(c5ccccc5)C5CC6CC(C5)CC4C6)ccn3)[c-]c(N3[CH-]N(C)c4ccccc43)c2)c(C(C)C)c1.[Pt]. The minimum atomic E-state index is -0.0241. The summed E-state index contributed by atoms with van der Waals surface area (Å²) in [6.45, 7) is 16.0. The van der Waals surface area contributed by atoms with Gasteiger partial charge in [-0.05, 0) is 150 Å². The number of fused-ring (bicyclic) bond motifs is 4. The first-order chi connectivity index (χ1) is 32.5. The van der Waals surface area contributed by atoms with Gasteiger partial charge in [0.2, 0.25) is 0 Å². The van der Waals surface area contributed by atoms with Crippen LogP contribution in [-0.2, 0) is 26.5 Å². The minimum Gasteiger partial charge on any atom is -0.509 e. The van der Waals surface area contributed by atoms with Crippen LogP contribution in [0.4, 0.5) is 17.1 Å². The molecule has 1 aliphatic heterocycles. The van der Waals surface area contributed by atoms with E-state index in [0.29, 0.717) is 41.1 Å². The van der Waals surface area contributed by atoms with Crippen LogP contribution in [0.5, 0.6) is 11.5 Å². The smallest absolute Gasteiger partial charge is 0.135 e. The van der Waals surface area contributed by atoms with Gasteiger partial charge in [0.05, 0.1) is 0 Å². The number of ether oxygens (including phenoxy) is 1. The fourth-order valence-corrected chi connectivity index (χ4v) is 13.4. The molecule has 2 aromatic heterocycles.